The van der Waals surface area contributed by atoms with E-state index >= 15 is 0 Å². The Balaban J connectivity index is 1.40. The van der Waals surface area contributed by atoms with Crippen molar-refractivity contribution < 1.29 is 19.1 Å². The molecule has 2 unspecified atom stereocenters. The lowest BCUT2D eigenvalue weighted by Crippen LogP contribution is -2.36. The van der Waals surface area contributed by atoms with Gasteiger partial charge in [0.1, 0.15) is 5.75 Å². The predicted octanol–water partition coefficient (Wildman–Crippen LogP) is 3.62. The van der Waals surface area contributed by atoms with Crippen LogP contribution in [0, 0.1) is 12.8 Å². The van der Waals surface area contributed by atoms with Crippen molar-refractivity contribution in [2.75, 3.05) is 31.1 Å². The van der Waals surface area contributed by atoms with Gasteiger partial charge in [0.2, 0.25) is 11.8 Å². The van der Waals surface area contributed by atoms with Crippen LogP contribution in [0.25, 0.3) is 0 Å². The van der Waals surface area contributed by atoms with Gasteiger partial charge in [0.15, 0.2) is 6.61 Å². The summed E-state index contributed by atoms with van der Waals surface area (Å²) in [6.45, 7) is 5.93. The first-order chi connectivity index (χ1) is 16.5. The number of ether oxygens (including phenoxy) is 1. The fourth-order valence-electron chi connectivity index (χ4n) is 4.64. The average Bonchev–Trinajstić information content (AvgIpc) is 3.52. The zero-order chi connectivity index (χ0) is 24.1. The molecule has 0 bridgehead atoms. The normalized spacial score (nSPS) is 18.8. The second kappa shape index (κ2) is 10.7. The van der Waals surface area contributed by atoms with Crippen molar-refractivity contribution in [3.05, 3.63) is 59.7 Å². The average molecular weight is 464 g/mol. The highest BCUT2D eigenvalue weighted by atomic mass is 16.5. The van der Waals surface area contributed by atoms with Crippen LogP contribution >= 0.6 is 0 Å². The minimum atomic E-state index is -0.410. The van der Waals surface area contributed by atoms with Gasteiger partial charge in [0.25, 0.3) is 5.91 Å². The van der Waals surface area contributed by atoms with Crippen molar-refractivity contribution in [1.82, 2.24) is 10.2 Å². The van der Waals surface area contributed by atoms with Gasteiger partial charge in [-0.15, -0.1) is 0 Å². The number of nitrogens with one attached hydrogen (secondary N) is 1. The molecule has 180 valence electrons. The summed E-state index contributed by atoms with van der Waals surface area (Å²) in [5, 5.41) is 3.12. The maximum absolute atomic E-state index is 13.1. The fourth-order valence-corrected chi connectivity index (χ4v) is 4.64. The maximum Gasteiger partial charge on any atom is 0.260 e. The number of nitrogens with zero attached hydrogens (tertiary/aromatic N) is 2. The zero-order valence-electron chi connectivity index (χ0n) is 20.0. The molecule has 2 fully saturated rings. The molecule has 0 aromatic heterocycles. The summed E-state index contributed by atoms with van der Waals surface area (Å²) >= 11 is 0. The third kappa shape index (κ3) is 5.41. The molecule has 7 nitrogen and oxygen atoms in total. The Morgan fingerprint density at radius 1 is 1.09 bits per heavy atom. The number of carbonyl (C=O) groups is 3. The van der Waals surface area contributed by atoms with E-state index in [0.717, 1.165) is 42.7 Å². The Bertz CT molecular complexity index is 1030. The number of hydrogen-bond donors (Lipinski definition) is 1. The number of rotatable bonds is 8. The molecule has 2 saturated heterocycles. The van der Waals surface area contributed by atoms with E-state index in [1.165, 1.54) is 0 Å². The van der Waals surface area contributed by atoms with Crippen LogP contribution in [-0.4, -0.2) is 48.9 Å². The summed E-state index contributed by atoms with van der Waals surface area (Å²) in [6, 6.07) is 15.0. The number of aryl methyl sites for hydroxylation is 1. The number of benzene rings is 2. The van der Waals surface area contributed by atoms with Gasteiger partial charge >= 0.3 is 0 Å². The first kappa shape index (κ1) is 23.8. The summed E-state index contributed by atoms with van der Waals surface area (Å²) in [5.41, 5.74) is 2.78. The second-order valence-electron chi connectivity index (χ2n) is 9.12. The molecule has 2 aromatic rings. The molecule has 4 rings (SSSR count). The monoisotopic (exact) mass is 463 g/mol. The van der Waals surface area contributed by atoms with Crippen LogP contribution in [-0.2, 0) is 14.4 Å². The van der Waals surface area contributed by atoms with Crippen LogP contribution < -0.4 is 15.0 Å². The standard InChI is InChI=1S/C27H33N3O4/c1-3-23(22-8-4-5-9-24(22)34-18-26(32)29-14-6-7-15-29)28-27(33)20-16-25(31)30(17-20)21-12-10-19(2)11-13-21/h4-5,8-13,20,23H,3,6-7,14-18H2,1-2H3,(H,28,33). The molecule has 7 heteroatoms. The molecule has 34 heavy (non-hydrogen) atoms. The summed E-state index contributed by atoms with van der Waals surface area (Å²) < 4.78 is 5.90. The lowest BCUT2D eigenvalue weighted by molar-refractivity contribution is -0.132. The topological polar surface area (TPSA) is 79.0 Å². The largest absolute Gasteiger partial charge is 0.483 e. The Labute approximate surface area is 201 Å². The van der Waals surface area contributed by atoms with E-state index in [0.29, 0.717) is 18.7 Å². The Kier molecular flexibility index (Phi) is 7.50. The van der Waals surface area contributed by atoms with Gasteiger partial charge < -0.3 is 19.9 Å². The van der Waals surface area contributed by atoms with E-state index in [4.69, 9.17) is 4.74 Å². The lowest BCUT2D eigenvalue weighted by Gasteiger charge is -2.23. The number of carbonyl (C=O) groups excluding carboxylic acids is 3. The Hall–Kier alpha value is -3.35. The van der Waals surface area contributed by atoms with E-state index in [9.17, 15) is 14.4 Å². The predicted molar refractivity (Wildman–Crippen MR) is 131 cm³/mol. The molecule has 0 radical (unpaired) electrons. The molecule has 0 saturated carbocycles. The quantitative estimate of drug-likeness (QED) is 0.649. The number of amides is 3. The first-order valence-electron chi connectivity index (χ1n) is 12.1. The molecule has 2 aliphatic rings. The summed E-state index contributed by atoms with van der Waals surface area (Å²) in [6.07, 6.45) is 2.93. The van der Waals surface area contributed by atoms with Gasteiger partial charge in [-0.3, -0.25) is 14.4 Å². The van der Waals surface area contributed by atoms with Crippen LogP contribution in [0.3, 0.4) is 0 Å². The molecule has 2 aromatic carbocycles. The van der Waals surface area contributed by atoms with Crippen LogP contribution in [0.15, 0.2) is 48.5 Å². The molecule has 2 heterocycles. The third-order valence-corrected chi connectivity index (χ3v) is 6.67. The van der Waals surface area contributed by atoms with E-state index in [1.54, 1.807) is 4.90 Å². The number of likely N-dealkylation sites (tertiary alicyclic amines) is 1. The van der Waals surface area contributed by atoms with E-state index < -0.39 is 5.92 Å². The van der Waals surface area contributed by atoms with Gasteiger partial charge in [-0.25, -0.2) is 0 Å². The van der Waals surface area contributed by atoms with E-state index in [-0.39, 0.29) is 36.8 Å². The van der Waals surface area contributed by atoms with Gasteiger partial charge in [-0.05, 0) is 44.4 Å². The second-order valence-corrected chi connectivity index (χ2v) is 9.12. The van der Waals surface area contributed by atoms with Gasteiger partial charge in [-0.2, -0.15) is 0 Å². The molecule has 0 spiro atoms. The van der Waals surface area contributed by atoms with Crippen molar-refractivity contribution in [1.29, 1.82) is 0 Å². The molecule has 1 N–H and O–H groups in total. The Morgan fingerprint density at radius 2 is 1.79 bits per heavy atom. The number of hydrogen-bond acceptors (Lipinski definition) is 4. The zero-order valence-corrected chi connectivity index (χ0v) is 20.0. The van der Waals surface area contributed by atoms with Crippen molar-refractivity contribution in [3.63, 3.8) is 0 Å². The molecule has 3 amide bonds. The number of anilines is 1. The van der Waals surface area contributed by atoms with Crippen LogP contribution in [0.4, 0.5) is 5.69 Å². The van der Waals surface area contributed by atoms with Crippen LogP contribution in [0.5, 0.6) is 5.75 Å². The summed E-state index contributed by atoms with van der Waals surface area (Å²) in [5.74, 6) is 0.00248. The number of para-hydroxylation sites is 1. The summed E-state index contributed by atoms with van der Waals surface area (Å²) in [4.78, 5) is 41.7. The van der Waals surface area contributed by atoms with Crippen molar-refractivity contribution in [2.45, 2.75) is 45.6 Å². The summed E-state index contributed by atoms with van der Waals surface area (Å²) in [7, 11) is 0. The lowest BCUT2D eigenvalue weighted by atomic mass is 10.0. The van der Waals surface area contributed by atoms with Crippen LogP contribution in [0.2, 0.25) is 0 Å². The maximum atomic E-state index is 13.1. The molecular formula is C27H33N3O4. The smallest absolute Gasteiger partial charge is 0.260 e. The minimum Gasteiger partial charge on any atom is -0.483 e. The minimum absolute atomic E-state index is 0.00921. The SMILES string of the molecule is CCC(NC(=O)C1CC(=O)N(c2ccc(C)cc2)C1)c1ccccc1OCC(=O)N1CCCC1. The van der Waals surface area contributed by atoms with Crippen molar-refractivity contribution in [2.24, 2.45) is 5.92 Å². The molecule has 0 aliphatic carbocycles. The molecule has 2 atom stereocenters. The Morgan fingerprint density at radius 3 is 2.50 bits per heavy atom. The van der Waals surface area contributed by atoms with Crippen LogP contribution in [0.1, 0.15) is 49.8 Å². The highest BCUT2D eigenvalue weighted by molar-refractivity contribution is 6.00. The van der Waals surface area contributed by atoms with Crippen molar-refractivity contribution >= 4 is 23.4 Å². The molecular weight excluding hydrogens is 430 g/mol. The first-order valence-corrected chi connectivity index (χ1v) is 12.1. The van der Waals surface area contributed by atoms with Crippen molar-refractivity contribution in [3.8, 4) is 5.75 Å². The van der Waals surface area contributed by atoms with Gasteiger partial charge in [0.05, 0.1) is 12.0 Å². The molecule has 2 aliphatic heterocycles. The van der Waals surface area contributed by atoms with Gasteiger partial charge in [-0.1, -0.05) is 42.8 Å². The third-order valence-electron chi connectivity index (χ3n) is 6.67. The highest BCUT2D eigenvalue weighted by Gasteiger charge is 2.36. The van der Waals surface area contributed by atoms with E-state index in [2.05, 4.69) is 5.32 Å². The fraction of sp³-hybridized carbons (Fsp3) is 0.444. The highest BCUT2D eigenvalue weighted by Crippen LogP contribution is 2.30. The van der Waals surface area contributed by atoms with E-state index in [1.807, 2.05) is 67.3 Å². The van der Waals surface area contributed by atoms with Gasteiger partial charge in [0, 0.05) is 37.3 Å².